The molecule has 0 atom stereocenters. The predicted octanol–water partition coefficient (Wildman–Crippen LogP) is 6.04. The quantitative estimate of drug-likeness (QED) is 0.296. The van der Waals surface area contributed by atoms with Crippen molar-refractivity contribution in [3.63, 3.8) is 0 Å². The molecule has 0 aromatic heterocycles. The van der Waals surface area contributed by atoms with Gasteiger partial charge in [-0.1, -0.05) is 24.3 Å². The largest absolute Gasteiger partial charge is 0.573 e. The predicted molar refractivity (Wildman–Crippen MR) is 118 cm³/mol. The van der Waals surface area contributed by atoms with Gasteiger partial charge in [-0.05, 0) is 58.4 Å². The second-order valence-corrected chi connectivity index (χ2v) is 7.51. The molecule has 5 nitrogen and oxygen atoms in total. The third kappa shape index (κ3) is 6.64. The van der Waals surface area contributed by atoms with Crippen LogP contribution >= 0.6 is 15.9 Å². The fourth-order valence-corrected chi connectivity index (χ4v) is 3.21. The van der Waals surface area contributed by atoms with Gasteiger partial charge >= 0.3 is 6.36 Å². The average Bonchev–Trinajstić information content (AvgIpc) is 2.75. The van der Waals surface area contributed by atoms with E-state index in [9.17, 15) is 31.5 Å². The molecule has 0 radical (unpaired) electrons. The molecule has 0 aliphatic heterocycles. The molecule has 0 aliphatic rings. The molecule has 0 aliphatic carbocycles. The molecule has 11 heteroatoms. The SMILES string of the molecule is O=C(Nc1ccccc1OC(F)(F)F)C(=Cc1ccc(F)cc1F)NC(=O)c1ccccc1Br. The molecule has 0 spiro atoms. The molecule has 176 valence electrons. The highest BCUT2D eigenvalue weighted by molar-refractivity contribution is 9.10. The molecule has 0 unspecified atom stereocenters. The van der Waals surface area contributed by atoms with Gasteiger partial charge in [-0.15, -0.1) is 13.2 Å². The van der Waals surface area contributed by atoms with E-state index in [2.05, 4.69) is 31.3 Å². The molecule has 3 aromatic carbocycles. The molecule has 0 bridgehead atoms. The van der Waals surface area contributed by atoms with Crippen molar-refractivity contribution in [3.05, 3.63) is 99.7 Å². The monoisotopic (exact) mass is 540 g/mol. The Morgan fingerprint density at radius 3 is 2.29 bits per heavy atom. The molecule has 2 amide bonds. The zero-order valence-electron chi connectivity index (χ0n) is 16.9. The highest BCUT2D eigenvalue weighted by atomic mass is 79.9. The smallest absolute Gasteiger partial charge is 0.404 e. The number of amides is 2. The van der Waals surface area contributed by atoms with Crippen LogP contribution in [0.3, 0.4) is 0 Å². The van der Waals surface area contributed by atoms with Crippen LogP contribution in [0.5, 0.6) is 5.75 Å². The summed E-state index contributed by atoms with van der Waals surface area (Å²) in [5.41, 5.74) is -1.00. The molecule has 3 rings (SSSR count). The summed E-state index contributed by atoms with van der Waals surface area (Å²) >= 11 is 3.20. The van der Waals surface area contributed by atoms with Crippen molar-refractivity contribution in [1.82, 2.24) is 5.32 Å². The Labute approximate surface area is 198 Å². The second kappa shape index (κ2) is 10.5. The van der Waals surface area contributed by atoms with Crippen molar-refractivity contribution < 1.29 is 36.3 Å². The number of hydrogen-bond donors (Lipinski definition) is 2. The minimum Gasteiger partial charge on any atom is -0.404 e. The molecule has 0 heterocycles. The normalized spacial score (nSPS) is 11.6. The summed E-state index contributed by atoms with van der Waals surface area (Å²) in [7, 11) is 0. The van der Waals surface area contributed by atoms with E-state index in [0.29, 0.717) is 10.5 Å². The minimum absolute atomic E-state index is 0.126. The van der Waals surface area contributed by atoms with Crippen LogP contribution in [0.1, 0.15) is 15.9 Å². The first-order chi connectivity index (χ1) is 16.0. The van der Waals surface area contributed by atoms with Gasteiger partial charge in [-0.2, -0.15) is 0 Å². The number of benzene rings is 3. The molecular formula is C23H14BrF5N2O3. The van der Waals surface area contributed by atoms with E-state index in [0.717, 1.165) is 30.3 Å². The first kappa shape index (κ1) is 24.9. The lowest BCUT2D eigenvalue weighted by Crippen LogP contribution is -2.31. The number of hydrogen-bond acceptors (Lipinski definition) is 3. The van der Waals surface area contributed by atoms with Crippen molar-refractivity contribution in [2.45, 2.75) is 6.36 Å². The first-order valence-corrected chi connectivity index (χ1v) is 10.2. The molecule has 2 N–H and O–H groups in total. The summed E-state index contributed by atoms with van der Waals surface area (Å²) in [5, 5.41) is 4.51. The van der Waals surface area contributed by atoms with Crippen LogP contribution in [0, 0.1) is 11.6 Å². The number of carbonyl (C=O) groups is 2. The van der Waals surface area contributed by atoms with E-state index >= 15 is 0 Å². The second-order valence-electron chi connectivity index (χ2n) is 6.66. The maximum atomic E-state index is 14.2. The Morgan fingerprint density at radius 2 is 1.62 bits per heavy atom. The molecule has 0 saturated heterocycles. The number of alkyl halides is 3. The molecule has 0 fully saturated rings. The van der Waals surface area contributed by atoms with Crippen molar-refractivity contribution in [2.75, 3.05) is 5.32 Å². The summed E-state index contributed by atoms with van der Waals surface area (Å²) in [5.74, 6) is -4.44. The van der Waals surface area contributed by atoms with Gasteiger partial charge < -0.3 is 15.4 Å². The van der Waals surface area contributed by atoms with E-state index in [1.807, 2.05) is 0 Å². The number of anilines is 1. The summed E-state index contributed by atoms with van der Waals surface area (Å²) in [6.07, 6.45) is -4.10. The van der Waals surface area contributed by atoms with Crippen molar-refractivity contribution in [1.29, 1.82) is 0 Å². The molecule has 0 saturated carbocycles. The van der Waals surface area contributed by atoms with Gasteiger partial charge in [0.15, 0.2) is 5.75 Å². The maximum absolute atomic E-state index is 14.2. The summed E-state index contributed by atoms with van der Waals surface area (Å²) in [4.78, 5) is 25.7. The van der Waals surface area contributed by atoms with Gasteiger partial charge in [-0.25, -0.2) is 8.78 Å². The number of ether oxygens (including phenoxy) is 1. The molecule has 34 heavy (non-hydrogen) atoms. The average molecular weight is 541 g/mol. The fourth-order valence-electron chi connectivity index (χ4n) is 2.74. The zero-order chi connectivity index (χ0) is 24.9. The van der Waals surface area contributed by atoms with E-state index < -0.39 is 41.3 Å². The van der Waals surface area contributed by atoms with Gasteiger partial charge in [0.1, 0.15) is 17.3 Å². The third-order valence-corrected chi connectivity index (χ3v) is 4.93. The molecule has 3 aromatic rings. The van der Waals surface area contributed by atoms with Crippen LogP contribution in [-0.4, -0.2) is 18.2 Å². The summed E-state index contributed by atoms with van der Waals surface area (Å²) in [6.45, 7) is 0. The van der Waals surface area contributed by atoms with Gasteiger partial charge in [0, 0.05) is 16.1 Å². The van der Waals surface area contributed by atoms with E-state index in [-0.39, 0.29) is 16.8 Å². The number of para-hydroxylation sites is 2. The van der Waals surface area contributed by atoms with Crippen LogP contribution in [0.2, 0.25) is 0 Å². The van der Waals surface area contributed by atoms with Gasteiger partial charge in [-0.3, -0.25) is 9.59 Å². The van der Waals surface area contributed by atoms with Crippen molar-refractivity contribution in [2.24, 2.45) is 0 Å². The third-order valence-electron chi connectivity index (χ3n) is 4.23. The lowest BCUT2D eigenvalue weighted by molar-refractivity contribution is -0.274. The summed E-state index contributed by atoms with van der Waals surface area (Å²) < 4.78 is 69.9. The zero-order valence-corrected chi connectivity index (χ0v) is 18.5. The lowest BCUT2D eigenvalue weighted by Gasteiger charge is -2.15. The fraction of sp³-hybridized carbons (Fsp3) is 0.0435. The number of rotatable bonds is 6. The van der Waals surface area contributed by atoms with Gasteiger partial charge in [0.25, 0.3) is 11.8 Å². The van der Waals surface area contributed by atoms with E-state index in [1.54, 1.807) is 18.2 Å². The van der Waals surface area contributed by atoms with Gasteiger partial charge in [0.05, 0.1) is 11.3 Å². The highest BCUT2D eigenvalue weighted by Crippen LogP contribution is 2.30. The number of halogens is 6. The topological polar surface area (TPSA) is 67.4 Å². The number of nitrogens with one attached hydrogen (secondary N) is 2. The lowest BCUT2D eigenvalue weighted by atomic mass is 10.1. The molecular weight excluding hydrogens is 527 g/mol. The Balaban J connectivity index is 1.97. The van der Waals surface area contributed by atoms with E-state index in [1.165, 1.54) is 18.2 Å². The van der Waals surface area contributed by atoms with Crippen molar-refractivity contribution in [3.8, 4) is 5.75 Å². The summed E-state index contributed by atoms with van der Waals surface area (Å²) in [6, 6.07) is 13.5. The van der Waals surface area contributed by atoms with Crippen LogP contribution in [0.15, 0.2) is 76.9 Å². The highest BCUT2D eigenvalue weighted by Gasteiger charge is 2.32. The Morgan fingerprint density at radius 1 is 0.941 bits per heavy atom. The van der Waals surface area contributed by atoms with Crippen LogP contribution in [0.4, 0.5) is 27.6 Å². The first-order valence-electron chi connectivity index (χ1n) is 9.42. The Hall–Kier alpha value is -3.73. The Kier molecular flexibility index (Phi) is 7.67. The van der Waals surface area contributed by atoms with E-state index in [4.69, 9.17) is 0 Å². The standard InChI is InChI=1S/C23H14BrF5N2O3/c24-16-6-2-1-5-15(16)21(32)31-19(11-13-9-10-14(25)12-17(13)26)22(33)30-18-7-3-4-8-20(18)34-23(27,28)29/h1-12H,(H,30,33)(H,31,32). The van der Waals surface area contributed by atoms with Gasteiger partial charge in [0.2, 0.25) is 0 Å². The van der Waals surface area contributed by atoms with Crippen LogP contribution in [-0.2, 0) is 4.79 Å². The number of carbonyl (C=O) groups excluding carboxylic acids is 2. The van der Waals surface area contributed by atoms with Crippen molar-refractivity contribution >= 4 is 39.5 Å². The Bertz CT molecular complexity index is 1260. The maximum Gasteiger partial charge on any atom is 0.573 e. The van der Waals surface area contributed by atoms with Crippen LogP contribution in [0.25, 0.3) is 6.08 Å². The minimum atomic E-state index is -5.02. The van der Waals surface area contributed by atoms with Crippen LogP contribution < -0.4 is 15.4 Å².